The normalized spacial score (nSPS) is 17.0. The van der Waals surface area contributed by atoms with Crippen LogP contribution in [0.25, 0.3) is 33.0 Å². The Balaban J connectivity index is 1.11. The summed E-state index contributed by atoms with van der Waals surface area (Å²) in [5, 5.41) is 2.42. The van der Waals surface area contributed by atoms with Crippen LogP contribution in [0.5, 0.6) is 0 Å². The Bertz CT molecular complexity index is 3220. The number of hydrogen-bond donors (Lipinski definition) is 0. The molecular formula is C60H41N. The third-order valence-corrected chi connectivity index (χ3v) is 13.4. The van der Waals surface area contributed by atoms with Gasteiger partial charge >= 0.3 is 0 Å². The van der Waals surface area contributed by atoms with Crippen LogP contribution in [0.2, 0.25) is 0 Å². The molecule has 0 saturated carbocycles. The highest BCUT2D eigenvalue weighted by molar-refractivity contribution is 5.99. The number of anilines is 3. The molecule has 0 aromatic heterocycles. The highest BCUT2D eigenvalue weighted by Crippen LogP contribution is 2.65. The minimum atomic E-state index is -0.607. The van der Waals surface area contributed by atoms with E-state index in [0.29, 0.717) is 0 Å². The summed E-state index contributed by atoms with van der Waals surface area (Å²) in [4.78, 5) is 2.42. The third-order valence-electron chi connectivity index (χ3n) is 13.4. The Morgan fingerprint density at radius 3 is 1.44 bits per heavy atom. The summed E-state index contributed by atoms with van der Waals surface area (Å²) in [5.74, 6) is 0. The van der Waals surface area contributed by atoms with Crippen molar-refractivity contribution in [1.29, 1.82) is 0 Å². The van der Waals surface area contributed by atoms with E-state index >= 15 is 0 Å². The van der Waals surface area contributed by atoms with Gasteiger partial charge in [0.15, 0.2) is 0 Å². The van der Waals surface area contributed by atoms with Crippen molar-refractivity contribution in [3.05, 3.63) is 293 Å². The lowest BCUT2D eigenvalue weighted by molar-refractivity contribution is 0.626. The first-order chi connectivity index (χ1) is 30.3. The molecule has 2 atom stereocenters. The zero-order chi connectivity index (χ0) is 40.4. The zero-order valence-corrected chi connectivity index (χ0v) is 33.6. The molecule has 0 fully saturated rings. The van der Waals surface area contributed by atoms with Gasteiger partial charge < -0.3 is 4.90 Å². The van der Waals surface area contributed by atoms with Crippen molar-refractivity contribution in [2.24, 2.45) is 0 Å². The van der Waals surface area contributed by atoms with Crippen molar-refractivity contribution < 1.29 is 0 Å². The molecule has 0 bridgehead atoms. The summed E-state index contributed by atoms with van der Waals surface area (Å²) in [6, 6.07) is 92.2. The van der Waals surface area contributed by atoms with Crippen molar-refractivity contribution in [2.75, 3.05) is 4.90 Å². The van der Waals surface area contributed by atoms with Crippen LogP contribution in [-0.2, 0) is 10.8 Å². The van der Waals surface area contributed by atoms with Crippen LogP contribution in [0.3, 0.4) is 0 Å². The van der Waals surface area contributed by atoms with E-state index in [0.717, 1.165) is 17.1 Å². The topological polar surface area (TPSA) is 3.24 Å². The van der Waals surface area contributed by atoms with E-state index in [-0.39, 0.29) is 0 Å². The first-order valence-corrected chi connectivity index (χ1v) is 21.3. The summed E-state index contributed by atoms with van der Waals surface area (Å²) in [5.41, 5.74) is 17.8. The molecule has 0 saturated heterocycles. The highest BCUT2D eigenvalue weighted by atomic mass is 15.1. The molecule has 1 nitrogen and oxygen atoms in total. The maximum absolute atomic E-state index is 2.42. The molecule has 2 aliphatic rings. The van der Waals surface area contributed by atoms with E-state index in [1.165, 1.54) is 77.5 Å². The molecule has 61 heavy (non-hydrogen) atoms. The molecule has 10 aromatic rings. The van der Waals surface area contributed by atoms with Gasteiger partial charge in [0.25, 0.3) is 0 Å². The second-order valence-corrected chi connectivity index (χ2v) is 16.3. The van der Waals surface area contributed by atoms with Crippen molar-refractivity contribution in [3.8, 4) is 22.3 Å². The molecule has 2 unspecified atom stereocenters. The second-order valence-electron chi connectivity index (χ2n) is 16.3. The average Bonchev–Trinajstić information content (AvgIpc) is 3.65. The summed E-state index contributed by atoms with van der Waals surface area (Å²) in [6.45, 7) is 0. The maximum atomic E-state index is 2.42. The lowest BCUT2D eigenvalue weighted by Gasteiger charge is -2.49. The van der Waals surface area contributed by atoms with Crippen LogP contribution in [0.15, 0.2) is 249 Å². The molecule has 0 aliphatic heterocycles. The molecule has 1 heteroatoms. The van der Waals surface area contributed by atoms with Gasteiger partial charge in [-0.1, -0.05) is 218 Å². The molecular weight excluding hydrogens is 735 g/mol. The standard InChI is InChI=1S/C60H41N/c1-4-18-42(19-5-1)43-34-38-48(39-35-43)61(57-33-16-21-44-20-10-11-26-50(44)57)49-40-36-47(37-41-49)59(45-22-6-2-7-23-45)54-30-14-15-31-55(54)60(46-24-8-3-9-25-46)53-29-13-12-27-51(53)52-28-17-32-56(59)58(52)60/h1-41H. The monoisotopic (exact) mass is 775 g/mol. The molecule has 12 rings (SSSR count). The quantitative estimate of drug-likeness (QED) is 0.156. The average molecular weight is 776 g/mol. The molecule has 0 N–H and O–H groups in total. The van der Waals surface area contributed by atoms with Crippen molar-refractivity contribution >= 4 is 27.8 Å². The van der Waals surface area contributed by atoms with Crippen LogP contribution in [-0.4, -0.2) is 0 Å². The Morgan fingerprint density at radius 2 is 0.738 bits per heavy atom. The van der Waals surface area contributed by atoms with E-state index in [1.54, 1.807) is 0 Å². The van der Waals surface area contributed by atoms with Gasteiger partial charge in [0, 0.05) is 16.8 Å². The molecule has 10 aromatic carbocycles. The van der Waals surface area contributed by atoms with Crippen molar-refractivity contribution in [1.82, 2.24) is 0 Å². The highest BCUT2D eigenvalue weighted by Gasteiger charge is 2.57. The lowest BCUT2D eigenvalue weighted by atomic mass is 9.52. The van der Waals surface area contributed by atoms with Gasteiger partial charge in [-0.25, -0.2) is 0 Å². The molecule has 0 spiro atoms. The van der Waals surface area contributed by atoms with Crippen LogP contribution in [0.1, 0.15) is 44.5 Å². The van der Waals surface area contributed by atoms with Crippen LogP contribution in [0.4, 0.5) is 17.1 Å². The summed E-state index contributed by atoms with van der Waals surface area (Å²) < 4.78 is 0. The minimum absolute atomic E-state index is 0.477. The van der Waals surface area contributed by atoms with E-state index in [9.17, 15) is 0 Å². The van der Waals surface area contributed by atoms with E-state index < -0.39 is 10.8 Å². The fourth-order valence-corrected chi connectivity index (χ4v) is 11.0. The maximum Gasteiger partial charge on any atom is 0.0720 e. The van der Waals surface area contributed by atoms with E-state index in [1.807, 2.05) is 0 Å². The van der Waals surface area contributed by atoms with Gasteiger partial charge in [-0.05, 0) is 102 Å². The van der Waals surface area contributed by atoms with Gasteiger partial charge in [-0.3, -0.25) is 0 Å². The van der Waals surface area contributed by atoms with Crippen LogP contribution >= 0.6 is 0 Å². The Labute approximate surface area is 357 Å². The van der Waals surface area contributed by atoms with Gasteiger partial charge in [0.1, 0.15) is 0 Å². The number of fused-ring (bicyclic) bond motifs is 6. The lowest BCUT2D eigenvalue weighted by Crippen LogP contribution is -2.44. The molecule has 0 radical (unpaired) electrons. The van der Waals surface area contributed by atoms with Gasteiger partial charge in [0.05, 0.1) is 16.5 Å². The van der Waals surface area contributed by atoms with Crippen LogP contribution < -0.4 is 4.90 Å². The third kappa shape index (κ3) is 5.08. The Kier molecular flexibility index (Phi) is 8.05. The summed E-state index contributed by atoms with van der Waals surface area (Å²) in [7, 11) is 0. The van der Waals surface area contributed by atoms with E-state index in [4.69, 9.17) is 0 Å². The second kappa shape index (κ2) is 13.9. The fraction of sp³-hybridized carbons (Fsp3) is 0.0333. The predicted molar refractivity (Wildman–Crippen MR) is 253 cm³/mol. The van der Waals surface area contributed by atoms with Crippen molar-refractivity contribution in [2.45, 2.75) is 10.8 Å². The summed E-state index contributed by atoms with van der Waals surface area (Å²) in [6.07, 6.45) is 0. The fourth-order valence-electron chi connectivity index (χ4n) is 11.0. The molecule has 2 aliphatic carbocycles. The van der Waals surface area contributed by atoms with Crippen LogP contribution in [0, 0.1) is 0 Å². The smallest absolute Gasteiger partial charge is 0.0720 e. The first kappa shape index (κ1) is 35.2. The number of nitrogens with zero attached hydrogens (tertiary/aromatic N) is 1. The number of benzene rings is 10. The molecule has 286 valence electrons. The first-order valence-electron chi connectivity index (χ1n) is 21.3. The number of rotatable bonds is 7. The van der Waals surface area contributed by atoms with Gasteiger partial charge in [-0.15, -0.1) is 0 Å². The zero-order valence-electron chi connectivity index (χ0n) is 33.6. The Morgan fingerprint density at radius 1 is 0.279 bits per heavy atom. The summed E-state index contributed by atoms with van der Waals surface area (Å²) >= 11 is 0. The molecule has 0 heterocycles. The minimum Gasteiger partial charge on any atom is -0.310 e. The Hall–Kier alpha value is -7.74. The largest absolute Gasteiger partial charge is 0.310 e. The van der Waals surface area contributed by atoms with Crippen molar-refractivity contribution in [3.63, 3.8) is 0 Å². The van der Waals surface area contributed by atoms with Gasteiger partial charge in [-0.2, -0.15) is 0 Å². The van der Waals surface area contributed by atoms with E-state index in [2.05, 4.69) is 254 Å². The van der Waals surface area contributed by atoms with Gasteiger partial charge in [0.2, 0.25) is 0 Å². The molecule has 0 amide bonds. The number of hydrogen-bond acceptors (Lipinski definition) is 1. The predicted octanol–water partition coefficient (Wildman–Crippen LogP) is 15.0. The SMILES string of the molecule is c1ccc(-c2ccc(N(c3ccc(C4(c5ccccc5)c5ccccc5C5(c6ccccc6)c6ccccc6-c6cccc4c65)cc3)c3cccc4ccccc34)cc2)cc1.